The normalized spacial score (nSPS) is 15.2. The summed E-state index contributed by atoms with van der Waals surface area (Å²) in [6, 6.07) is 11.7. The zero-order chi connectivity index (χ0) is 20.1. The van der Waals surface area contributed by atoms with Crippen LogP contribution in [0.25, 0.3) is 6.08 Å². The Balaban J connectivity index is 1.56. The Labute approximate surface area is 175 Å². The molecule has 0 bridgehead atoms. The lowest BCUT2D eigenvalue weighted by Crippen LogP contribution is -2.27. The van der Waals surface area contributed by atoms with E-state index in [1.54, 1.807) is 48.5 Å². The van der Waals surface area contributed by atoms with E-state index in [0.29, 0.717) is 29.7 Å². The van der Waals surface area contributed by atoms with Crippen LogP contribution in [0.1, 0.15) is 24.0 Å². The standard InChI is InChI=1S/C20H20Cl2N2O3S/c21-18-9-5-15(13-19(18)22)6-10-20(25)23-14-16-3-7-17(8-4-16)28(26,27)24-11-1-2-12-24/h3-10,13H,1-2,11-12,14H2,(H,23,25)/b10-6+. The first-order valence-corrected chi connectivity index (χ1v) is 11.1. The van der Waals surface area contributed by atoms with Crippen LogP contribution in [-0.4, -0.2) is 31.7 Å². The van der Waals surface area contributed by atoms with Crippen molar-refractivity contribution in [2.24, 2.45) is 0 Å². The van der Waals surface area contributed by atoms with Crippen LogP contribution in [0.4, 0.5) is 0 Å². The van der Waals surface area contributed by atoms with E-state index in [9.17, 15) is 13.2 Å². The number of carbonyl (C=O) groups excluding carboxylic acids is 1. The zero-order valence-corrected chi connectivity index (χ0v) is 17.4. The van der Waals surface area contributed by atoms with Gasteiger partial charge in [0.15, 0.2) is 0 Å². The van der Waals surface area contributed by atoms with Crippen LogP contribution in [0.15, 0.2) is 53.4 Å². The first-order chi connectivity index (χ1) is 13.4. The molecule has 1 amide bonds. The highest BCUT2D eigenvalue weighted by molar-refractivity contribution is 7.89. The van der Waals surface area contributed by atoms with Crippen molar-refractivity contribution >= 4 is 45.2 Å². The van der Waals surface area contributed by atoms with Gasteiger partial charge >= 0.3 is 0 Å². The van der Waals surface area contributed by atoms with Crippen LogP contribution in [-0.2, 0) is 21.4 Å². The van der Waals surface area contributed by atoms with Crippen molar-refractivity contribution < 1.29 is 13.2 Å². The topological polar surface area (TPSA) is 66.5 Å². The van der Waals surface area contributed by atoms with E-state index in [2.05, 4.69) is 5.32 Å². The minimum Gasteiger partial charge on any atom is -0.348 e. The maximum Gasteiger partial charge on any atom is 0.244 e. The number of amides is 1. The van der Waals surface area contributed by atoms with Crippen LogP contribution in [0.5, 0.6) is 0 Å². The lowest BCUT2D eigenvalue weighted by molar-refractivity contribution is -0.116. The smallest absolute Gasteiger partial charge is 0.244 e. The molecule has 2 aromatic carbocycles. The lowest BCUT2D eigenvalue weighted by atomic mass is 10.2. The molecule has 0 aliphatic carbocycles. The summed E-state index contributed by atoms with van der Waals surface area (Å²) in [4.78, 5) is 12.3. The summed E-state index contributed by atoms with van der Waals surface area (Å²) in [5.41, 5.74) is 1.58. The summed E-state index contributed by atoms with van der Waals surface area (Å²) >= 11 is 11.8. The molecule has 1 aliphatic heterocycles. The fourth-order valence-electron chi connectivity index (χ4n) is 2.89. The Morgan fingerprint density at radius 2 is 1.71 bits per heavy atom. The number of nitrogens with one attached hydrogen (secondary N) is 1. The molecule has 1 saturated heterocycles. The minimum atomic E-state index is -3.42. The van der Waals surface area contributed by atoms with Gasteiger partial charge < -0.3 is 5.32 Å². The average molecular weight is 439 g/mol. The van der Waals surface area contributed by atoms with Gasteiger partial charge in [0.25, 0.3) is 0 Å². The SMILES string of the molecule is O=C(/C=C/c1ccc(Cl)c(Cl)c1)NCc1ccc(S(=O)(=O)N2CCCC2)cc1. The van der Waals surface area contributed by atoms with Crippen LogP contribution < -0.4 is 5.32 Å². The Morgan fingerprint density at radius 1 is 1.04 bits per heavy atom. The number of rotatable bonds is 6. The van der Waals surface area contributed by atoms with Gasteiger partial charge in [0, 0.05) is 25.7 Å². The summed E-state index contributed by atoms with van der Waals surface area (Å²) in [6.07, 6.45) is 4.85. The molecule has 0 spiro atoms. The number of benzene rings is 2. The maximum absolute atomic E-state index is 12.5. The second-order valence-corrected chi connectivity index (χ2v) is 9.23. The summed E-state index contributed by atoms with van der Waals surface area (Å²) in [5.74, 6) is -0.264. The van der Waals surface area contributed by atoms with E-state index in [1.165, 1.54) is 10.4 Å². The lowest BCUT2D eigenvalue weighted by Gasteiger charge is -2.15. The molecule has 0 atom stereocenters. The molecular formula is C20H20Cl2N2O3S. The summed E-state index contributed by atoms with van der Waals surface area (Å²) in [6.45, 7) is 1.45. The zero-order valence-electron chi connectivity index (χ0n) is 15.1. The van der Waals surface area contributed by atoms with Gasteiger partial charge in [-0.15, -0.1) is 0 Å². The van der Waals surface area contributed by atoms with Crippen molar-refractivity contribution in [3.05, 3.63) is 69.7 Å². The van der Waals surface area contributed by atoms with Crippen molar-refractivity contribution in [3.8, 4) is 0 Å². The second kappa shape index (κ2) is 9.09. The van der Waals surface area contributed by atoms with Crippen LogP contribution in [0.3, 0.4) is 0 Å². The Bertz CT molecular complexity index is 983. The third-order valence-corrected chi connectivity index (χ3v) is 7.12. The van der Waals surface area contributed by atoms with E-state index in [4.69, 9.17) is 23.2 Å². The van der Waals surface area contributed by atoms with Gasteiger partial charge in [0.1, 0.15) is 0 Å². The van der Waals surface area contributed by atoms with Crippen molar-refractivity contribution in [2.75, 3.05) is 13.1 Å². The Morgan fingerprint density at radius 3 is 2.36 bits per heavy atom. The number of halogens is 2. The van der Waals surface area contributed by atoms with Crippen LogP contribution in [0, 0.1) is 0 Å². The molecule has 8 heteroatoms. The van der Waals surface area contributed by atoms with Gasteiger partial charge in [-0.05, 0) is 54.3 Å². The van der Waals surface area contributed by atoms with E-state index in [1.807, 2.05) is 0 Å². The number of hydrogen-bond donors (Lipinski definition) is 1. The molecule has 1 fully saturated rings. The molecule has 0 aromatic heterocycles. The third-order valence-electron chi connectivity index (χ3n) is 4.46. The highest BCUT2D eigenvalue weighted by Crippen LogP contribution is 2.23. The summed E-state index contributed by atoms with van der Waals surface area (Å²) in [5, 5.41) is 3.65. The van der Waals surface area contributed by atoms with Gasteiger partial charge in [0.2, 0.25) is 15.9 Å². The number of hydrogen-bond acceptors (Lipinski definition) is 3. The molecule has 3 rings (SSSR count). The number of nitrogens with zero attached hydrogens (tertiary/aromatic N) is 1. The molecule has 5 nitrogen and oxygen atoms in total. The molecule has 0 radical (unpaired) electrons. The first kappa shape index (κ1) is 20.9. The third kappa shape index (κ3) is 5.14. The maximum atomic E-state index is 12.5. The van der Waals surface area contributed by atoms with Gasteiger partial charge in [-0.25, -0.2) is 8.42 Å². The Hall–Kier alpha value is -1.86. The summed E-state index contributed by atoms with van der Waals surface area (Å²) in [7, 11) is -3.42. The molecule has 2 aromatic rings. The molecule has 1 N–H and O–H groups in total. The van der Waals surface area contributed by atoms with Crippen molar-refractivity contribution in [3.63, 3.8) is 0 Å². The highest BCUT2D eigenvalue weighted by Gasteiger charge is 2.26. The van der Waals surface area contributed by atoms with Gasteiger partial charge in [-0.3, -0.25) is 4.79 Å². The van der Waals surface area contributed by atoms with Crippen LogP contribution in [0.2, 0.25) is 10.0 Å². The fourth-order valence-corrected chi connectivity index (χ4v) is 4.72. The van der Waals surface area contributed by atoms with Crippen molar-refractivity contribution in [1.82, 2.24) is 9.62 Å². The van der Waals surface area contributed by atoms with Crippen molar-refractivity contribution in [2.45, 2.75) is 24.3 Å². The summed E-state index contributed by atoms with van der Waals surface area (Å²) < 4.78 is 26.5. The predicted molar refractivity (Wildman–Crippen MR) is 112 cm³/mol. The quantitative estimate of drug-likeness (QED) is 0.689. The van der Waals surface area contributed by atoms with Gasteiger partial charge in [-0.2, -0.15) is 4.31 Å². The van der Waals surface area contributed by atoms with Crippen LogP contribution >= 0.6 is 23.2 Å². The minimum absolute atomic E-state index is 0.264. The fraction of sp³-hybridized carbons (Fsp3) is 0.250. The van der Waals surface area contributed by atoms with E-state index in [0.717, 1.165) is 24.0 Å². The molecule has 28 heavy (non-hydrogen) atoms. The van der Waals surface area contributed by atoms with Crippen molar-refractivity contribution in [1.29, 1.82) is 0 Å². The Kier molecular flexibility index (Phi) is 6.78. The molecule has 148 valence electrons. The molecule has 0 unspecified atom stereocenters. The predicted octanol–water partition coefficient (Wildman–Crippen LogP) is 4.11. The molecule has 1 heterocycles. The highest BCUT2D eigenvalue weighted by atomic mass is 35.5. The van der Waals surface area contributed by atoms with Gasteiger partial charge in [-0.1, -0.05) is 41.4 Å². The van der Waals surface area contributed by atoms with E-state index >= 15 is 0 Å². The molecule has 0 saturated carbocycles. The monoisotopic (exact) mass is 438 g/mol. The van der Waals surface area contributed by atoms with E-state index < -0.39 is 10.0 Å². The van der Waals surface area contributed by atoms with Gasteiger partial charge in [0.05, 0.1) is 14.9 Å². The molecule has 1 aliphatic rings. The average Bonchev–Trinajstić information content (AvgIpc) is 3.23. The largest absolute Gasteiger partial charge is 0.348 e. The second-order valence-electron chi connectivity index (χ2n) is 6.48. The van der Waals surface area contributed by atoms with E-state index in [-0.39, 0.29) is 10.8 Å². The number of sulfonamides is 1. The number of carbonyl (C=O) groups is 1. The first-order valence-electron chi connectivity index (χ1n) is 8.86. The molecular weight excluding hydrogens is 419 g/mol.